The summed E-state index contributed by atoms with van der Waals surface area (Å²) < 4.78 is 17.2. The fourth-order valence-electron chi connectivity index (χ4n) is 1.55. The molecule has 1 N–H and O–H groups in total. The number of aliphatic hydroxyl groups is 1. The molecular weight excluding hydrogens is 227 g/mol. The molecule has 0 amide bonds. The molecule has 5 heteroatoms. The number of carbonyl (C=O) groups excluding carboxylic acids is 2. The van der Waals surface area contributed by atoms with Crippen LogP contribution in [-0.4, -0.2) is 24.0 Å². The quantitative estimate of drug-likeness (QED) is 0.802. The van der Waals surface area contributed by atoms with E-state index >= 15 is 0 Å². The zero-order valence-corrected chi connectivity index (χ0v) is 9.57. The number of ether oxygens (including phenoxy) is 1. The van der Waals surface area contributed by atoms with E-state index in [0.717, 1.165) is 19.2 Å². The Bertz CT molecular complexity index is 427. The summed E-state index contributed by atoms with van der Waals surface area (Å²) in [6.45, 7) is 1.25. The van der Waals surface area contributed by atoms with Gasteiger partial charge < -0.3 is 9.84 Å². The van der Waals surface area contributed by atoms with Crippen LogP contribution in [0.3, 0.4) is 0 Å². The number of hydrogen-bond donors (Lipinski definition) is 1. The molecule has 0 aliphatic carbocycles. The minimum atomic E-state index is -2.06. The van der Waals surface area contributed by atoms with Crippen LogP contribution in [0, 0.1) is 5.82 Å². The minimum Gasteiger partial charge on any atom is -0.467 e. The van der Waals surface area contributed by atoms with Crippen LogP contribution in [0.4, 0.5) is 4.39 Å². The Balaban J connectivity index is 3.18. The highest BCUT2D eigenvalue weighted by Gasteiger charge is 2.40. The van der Waals surface area contributed by atoms with Crippen molar-refractivity contribution in [1.29, 1.82) is 0 Å². The van der Waals surface area contributed by atoms with E-state index in [0.29, 0.717) is 0 Å². The van der Waals surface area contributed by atoms with Crippen LogP contribution in [0.1, 0.15) is 18.9 Å². The van der Waals surface area contributed by atoms with Gasteiger partial charge in [0.15, 0.2) is 5.60 Å². The molecule has 0 saturated carbocycles. The van der Waals surface area contributed by atoms with E-state index in [4.69, 9.17) is 0 Å². The number of Topliss-reactive ketones (excluding diaryl/α,β-unsaturated/α-hetero) is 1. The SMILES string of the molecule is COC(=O)[C@](O)(CC(C)=O)c1ccc(F)cc1. The van der Waals surface area contributed by atoms with E-state index in [9.17, 15) is 19.1 Å². The summed E-state index contributed by atoms with van der Waals surface area (Å²) in [5.74, 6) is -1.81. The van der Waals surface area contributed by atoms with Crippen molar-refractivity contribution in [2.75, 3.05) is 7.11 Å². The maximum absolute atomic E-state index is 12.8. The zero-order chi connectivity index (χ0) is 13.1. The first kappa shape index (κ1) is 13.3. The molecule has 1 atom stereocenters. The number of hydrogen-bond acceptors (Lipinski definition) is 4. The summed E-state index contributed by atoms with van der Waals surface area (Å²) >= 11 is 0. The topological polar surface area (TPSA) is 63.6 Å². The monoisotopic (exact) mass is 240 g/mol. The molecule has 92 valence electrons. The predicted molar refractivity (Wildman–Crippen MR) is 57.6 cm³/mol. The average Bonchev–Trinajstić information content (AvgIpc) is 2.27. The second kappa shape index (κ2) is 5.05. The van der Waals surface area contributed by atoms with Crippen molar-refractivity contribution < 1.29 is 23.8 Å². The third kappa shape index (κ3) is 2.88. The third-order valence-corrected chi connectivity index (χ3v) is 2.35. The highest BCUT2D eigenvalue weighted by Crippen LogP contribution is 2.27. The second-order valence-corrected chi connectivity index (χ2v) is 3.74. The number of benzene rings is 1. The number of carbonyl (C=O) groups is 2. The van der Waals surface area contributed by atoms with Gasteiger partial charge in [-0.2, -0.15) is 0 Å². The van der Waals surface area contributed by atoms with Crippen LogP contribution in [-0.2, 0) is 19.9 Å². The maximum Gasteiger partial charge on any atom is 0.343 e. The molecule has 0 unspecified atom stereocenters. The van der Waals surface area contributed by atoms with Crippen molar-refractivity contribution in [3.63, 3.8) is 0 Å². The van der Waals surface area contributed by atoms with E-state index in [1.54, 1.807) is 0 Å². The molecule has 0 fully saturated rings. The standard InChI is InChI=1S/C12H13FO4/c1-8(14)7-12(16,11(15)17-2)9-3-5-10(13)6-4-9/h3-6,16H,7H2,1-2H3/t12-/m0/s1. The van der Waals surface area contributed by atoms with Gasteiger partial charge in [-0.25, -0.2) is 9.18 Å². The predicted octanol–water partition coefficient (Wildman–Crippen LogP) is 1.17. The van der Waals surface area contributed by atoms with E-state index < -0.39 is 23.8 Å². The molecule has 1 aromatic carbocycles. The number of halogens is 1. The Hall–Kier alpha value is -1.75. The van der Waals surface area contributed by atoms with Crippen molar-refractivity contribution in [2.24, 2.45) is 0 Å². The average molecular weight is 240 g/mol. The summed E-state index contributed by atoms with van der Waals surface area (Å²) in [5, 5.41) is 10.2. The van der Waals surface area contributed by atoms with Gasteiger partial charge in [-0.15, -0.1) is 0 Å². The maximum atomic E-state index is 12.8. The molecule has 0 aliphatic heterocycles. The van der Waals surface area contributed by atoms with Gasteiger partial charge >= 0.3 is 5.97 Å². The first-order valence-corrected chi connectivity index (χ1v) is 4.96. The van der Waals surface area contributed by atoms with Crippen molar-refractivity contribution in [1.82, 2.24) is 0 Å². The summed E-state index contributed by atoms with van der Waals surface area (Å²) in [7, 11) is 1.11. The van der Waals surface area contributed by atoms with Crippen LogP contribution < -0.4 is 0 Å². The Morgan fingerprint density at radius 1 is 1.35 bits per heavy atom. The minimum absolute atomic E-state index is 0.126. The molecule has 0 radical (unpaired) electrons. The van der Waals surface area contributed by atoms with Gasteiger partial charge in [0.25, 0.3) is 0 Å². The highest BCUT2D eigenvalue weighted by atomic mass is 19.1. The molecule has 1 rings (SSSR count). The fraction of sp³-hybridized carbons (Fsp3) is 0.333. The summed E-state index contributed by atoms with van der Waals surface area (Å²) in [5.41, 5.74) is -1.94. The van der Waals surface area contributed by atoms with Gasteiger partial charge in [0.05, 0.1) is 7.11 Å². The van der Waals surface area contributed by atoms with E-state index in [-0.39, 0.29) is 11.3 Å². The number of rotatable bonds is 4. The molecule has 0 bridgehead atoms. The van der Waals surface area contributed by atoms with Crippen molar-refractivity contribution in [3.8, 4) is 0 Å². The van der Waals surface area contributed by atoms with Gasteiger partial charge in [-0.1, -0.05) is 12.1 Å². The Morgan fingerprint density at radius 3 is 2.29 bits per heavy atom. The van der Waals surface area contributed by atoms with Crippen LogP contribution in [0.15, 0.2) is 24.3 Å². The molecule has 0 aliphatic rings. The zero-order valence-electron chi connectivity index (χ0n) is 9.57. The van der Waals surface area contributed by atoms with Crippen molar-refractivity contribution in [2.45, 2.75) is 18.9 Å². The molecule has 0 aromatic heterocycles. The van der Waals surface area contributed by atoms with E-state index in [2.05, 4.69) is 4.74 Å². The second-order valence-electron chi connectivity index (χ2n) is 3.74. The van der Waals surface area contributed by atoms with Gasteiger partial charge in [0, 0.05) is 6.42 Å². The molecule has 0 spiro atoms. The number of esters is 1. The van der Waals surface area contributed by atoms with Gasteiger partial charge in [0.2, 0.25) is 0 Å². The van der Waals surface area contributed by atoms with E-state index in [1.165, 1.54) is 19.1 Å². The van der Waals surface area contributed by atoms with Crippen LogP contribution >= 0.6 is 0 Å². The summed E-state index contributed by atoms with van der Waals surface area (Å²) in [6.07, 6.45) is -0.411. The first-order chi connectivity index (χ1) is 7.90. The van der Waals surface area contributed by atoms with Crippen LogP contribution in [0.25, 0.3) is 0 Å². The van der Waals surface area contributed by atoms with Crippen molar-refractivity contribution in [3.05, 3.63) is 35.6 Å². The first-order valence-electron chi connectivity index (χ1n) is 4.96. The lowest BCUT2D eigenvalue weighted by molar-refractivity contribution is -0.166. The lowest BCUT2D eigenvalue weighted by Crippen LogP contribution is -2.38. The lowest BCUT2D eigenvalue weighted by atomic mass is 9.89. The van der Waals surface area contributed by atoms with Crippen molar-refractivity contribution >= 4 is 11.8 Å². The molecule has 0 heterocycles. The molecule has 0 saturated heterocycles. The third-order valence-electron chi connectivity index (χ3n) is 2.35. The van der Waals surface area contributed by atoms with Crippen LogP contribution in [0.5, 0.6) is 0 Å². The number of ketones is 1. The summed E-state index contributed by atoms with van der Waals surface area (Å²) in [4.78, 5) is 22.6. The smallest absolute Gasteiger partial charge is 0.343 e. The largest absolute Gasteiger partial charge is 0.467 e. The highest BCUT2D eigenvalue weighted by molar-refractivity contribution is 5.88. The van der Waals surface area contributed by atoms with Gasteiger partial charge in [-0.3, -0.25) is 4.79 Å². The molecular formula is C12H13FO4. The van der Waals surface area contributed by atoms with Gasteiger partial charge in [0.1, 0.15) is 11.6 Å². The normalized spacial score (nSPS) is 13.9. The Labute approximate surface area is 98.0 Å². The van der Waals surface area contributed by atoms with Crippen LogP contribution in [0.2, 0.25) is 0 Å². The molecule has 1 aromatic rings. The lowest BCUT2D eigenvalue weighted by Gasteiger charge is -2.24. The summed E-state index contributed by atoms with van der Waals surface area (Å²) in [6, 6.07) is 4.69. The van der Waals surface area contributed by atoms with Gasteiger partial charge in [-0.05, 0) is 24.6 Å². The molecule has 17 heavy (non-hydrogen) atoms. The Morgan fingerprint density at radius 2 is 1.88 bits per heavy atom. The fourth-order valence-corrected chi connectivity index (χ4v) is 1.55. The molecule has 4 nitrogen and oxygen atoms in total. The Kier molecular flexibility index (Phi) is 3.96. The van der Waals surface area contributed by atoms with E-state index in [1.807, 2.05) is 0 Å². The number of methoxy groups -OCH3 is 1.